The first-order chi connectivity index (χ1) is 12.7. The van der Waals surface area contributed by atoms with Crippen LogP contribution in [-0.2, 0) is 6.54 Å². The van der Waals surface area contributed by atoms with Crippen LogP contribution in [0.15, 0.2) is 41.2 Å². The molecule has 1 saturated carbocycles. The second kappa shape index (κ2) is 5.66. The lowest BCUT2D eigenvalue weighted by atomic mass is 10.0. The van der Waals surface area contributed by atoms with Gasteiger partial charge in [-0.1, -0.05) is 24.3 Å². The monoisotopic (exact) mass is 346 g/mol. The van der Waals surface area contributed by atoms with Gasteiger partial charge in [0.1, 0.15) is 5.52 Å². The molecule has 5 rings (SSSR count). The number of hydrogen-bond acceptors (Lipinski definition) is 6. The lowest BCUT2D eigenvalue weighted by molar-refractivity contribution is 0.310. The number of benzene rings is 1. The quantitative estimate of drug-likeness (QED) is 0.608. The molecular weight excluding hydrogens is 328 g/mol. The fourth-order valence-corrected chi connectivity index (χ4v) is 3.36. The van der Waals surface area contributed by atoms with Gasteiger partial charge in [0.25, 0.3) is 0 Å². The van der Waals surface area contributed by atoms with Crippen LogP contribution in [0.1, 0.15) is 18.4 Å². The number of nitrogen functional groups attached to an aromatic ring is 1. The van der Waals surface area contributed by atoms with Gasteiger partial charge in [0.2, 0.25) is 0 Å². The van der Waals surface area contributed by atoms with Crippen molar-refractivity contribution in [2.75, 3.05) is 5.73 Å². The largest absolute Gasteiger partial charge is 0.379 e. The lowest BCUT2D eigenvalue weighted by Crippen LogP contribution is -2.03. The van der Waals surface area contributed by atoms with Crippen molar-refractivity contribution in [3.63, 3.8) is 0 Å². The molecule has 0 atom stereocenters. The van der Waals surface area contributed by atoms with Gasteiger partial charge in [0, 0.05) is 18.3 Å². The van der Waals surface area contributed by atoms with Crippen molar-refractivity contribution in [3.05, 3.63) is 42.1 Å². The van der Waals surface area contributed by atoms with Gasteiger partial charge in [-0.15, -0.1) is 0 Å². The molecule has 1 aliphatic carbocycles. The SMILES string of the molecule is Cc1ccccc1-c1nccc2c1nc(-c1nonc1N)n2CC1CC1. The molecule has 26 heavy (non-hydrogen) atoms. The van der Waals surface area contributed by atoms with Crippen LogP contribution in [0.3, 0.4) is 0 Å². The molecule has 1 aromatic carbocycles. The summed E-state index contributed by atoms with van der Waals surface area (Å²) in [7, 11) is 0. The van der Waals surface area contributed by atoms with Crippen LogP contribution in [0.4, 0.5) is 5.82 Å². The summed E-state index contributed by atoms with van der Waals surface area (Å²) in [5.41, 5.74) is 11.4. The average Bonchev–Trinajstić information content (AvgIpc) is 3.25. The molecule has 0 amide bonds. The van der Waals surface area contributed by atoms with E-state index in [0.29, 0.717) is 17.4 Å². The Hall–Kier alpha value is -3.22. The van der Waals surface area contributed by atoms with Gasteiger partial charge in [-0.2, -0.15) is 0 Å². The lowest BCUT2D eigenvalue weighted by Gasteiger charge is -2.08. The Balaban J connectivity index is 1.79. The molecule has 7 nitrogen and oxygen atoms in total. The third kappa shape index (κ3) is 2.35. The minimum Gasteiger partial charge on any atom is -0.379 e. The van der Waals surface area contributed by atoms with Crippen LogP contribution >= 0.6 is 0 Å². The number of nitrogens with two attached hydrogens (primary N) is 1. The normalized spacial score (nSPS) is 14.2. The molecule has 3 heterocycles. The summed E-state index contributed by atoms with van der Waals surface area (Å²) in [5.74, 6) is 1.61. The van der Waals surface area contributed by atoms with E-state index in [2.05, 4.69) is 38.9 Å². The van der Waals surface area contributed by atoms with Gasteiger partial charge < -0.3 is 10.3 Å². The van der Waals surface area contributed by atoms with Crippen LogP contribution in [0, 0.1) is 12.8 Å². The Morgan fingerprint density at radius 1 is 1.15 bits per heavy atom. The van der Waals surface area contributed by atoms with Crippen LogP contribution in [-0.4, -0.2) is 24.8 Å². The fourth-order valence-electron chi connectivity index (χ4n) is 3.36. The molecule has 1 aliphatic rings. The summed E-state index contributed by atoms with van der Waals surface area (Å²) < 4.78 is 6.98. The number of imidazole rings is 1. The van der Waals surface area contributed by atoms with E-state index in [1.165, 1.54) is 12.8 Å². The maximum atomic E-state index is 5.95. The Morgan fingerprint density at radius 3 is 2.73 bits per heavy atom. The Labute approximate surface area is 149 Å². The van der Waals surface area contributed by atoms with Crippen molar-refractivity contribution in [2.24, 2.45) is 5.92 Å². The molecule has 0 radical (unpaired) electrons. The maximum Gasteiger partial charge on any atom is 0.199 e. The Morgan fingerprint density at radius 2 is 2.00 bits per heavy atom. The topological polar surface area (TPSA) is 95.7 Å². The molecular formula is C19H18N6O. The first kappa shape index (κ1) is 15.1. The third-order valence-electron chi connectivity index (χ3n) is 4.93. The van der Waals surface area contributed by atoms with E-state index in [0.717, 1.165) is 34.4 Å². The van der Waals surface area contributed by atoms with Crippen molar-refractivity contribution in [3.8, 4) is 22.8 Å². The number of anilines is 1. The zero-order chi connectivity index (χ0) is 17.7. The predicted molar refractivity (Wildman–Crippen MR) is 98.1 cm³/mol. The van der Waals surface area contributed by atoms with E-state index >= 15 is 0 Å². The highest BCUT2D eigenvalue weighted by molar-refractivity contribution is 5.93. The number of aromatic nitrogens is 5. The zero-order valence-electron chi connectivity index (χ0n) is 14.4. The van der Waals surface area contributed by atoms with Crippen molar-refractivity contribution >= 4 is 16.9 Å². The van der Waals surface area contributed by atoms with E-state index < -0.39 is 0 Å². The van der Waals surface area contributed by atoms with Crippen molar-refractivity contribution in [1.29, 1.82) is 0 Å². The molecule has 0 saturated heterocycles. The average molecular weight is 346 g/mol. The van der Waals surface area contributed by atoms with Crippen LogP contribution < -0.4 is 5.73 Å². The van der Waals surface area contributed by atoms with Crippen LogP contribution in [0.25, 0.3) is 33.8 Å². The van der Waals surface area contributed by atoms with Gasteiger partial charge >= 0.3 is 0 Å². The minimum atomic E-state index is 0.253. The highest BCUT2D eigenvalue weighted by Crippen LogP contribution is 2.37. The first-order valence-electron chi connectivity index (χ1n) is 8.72. The standard InChI is InChI=1S/C19H18N6O/c1-11-4-2-3-5-13(11)15-16-14(8-9-21-15)25(10-12-6-7-12)19(22-16)17-18(20)24-26-23-17/h2-5,8-9,12H,6-7,10H2,1H3,(H2,20,24). The molecule has 0 spiro atoms. The van der Waals surface area contributed by atoms with Gasteiger partial charge in [0.15, 0.2) is 17.3 Å². The highest BCUT2D eigenvalue weighted by atomic mass is 16.6. The number of hydrogen-bond donors (Lipinski definition) is 1. The molecule has 1 fully saturated rings. The summed E-state index contributed by atoms with van der Waals surface area (Å²) in [6.45, 7) is 2.97. The smallest absolute Gasteiger partial charge is 0.199 e. The van der Waals surface area contributed by atoms with Gasteiger partial charge in [0.05, 0.1) is 11.2 Å². The summed E-state index contributed by atoms with van der Waals surface area (Å²) in [6, 6.07) is 10.2. The second-order valence-electron chi connectivity index (χ2n) is 6.83. The van der Waals surface area contributed by atoms with Crippen molar-refractivity contribution in [1.82, 2.24) is 24.8 Å². The summed E-state index contributed by atoms with van der Waals surface area (Å²) in [5, 5.41) is 7.69. The number of rotatable bonds is 4. The van der Waals surface area contributed by atoms with Crippen LogP contribution in [0.5, 0.6) is 0 Å². The van der Waals surface area contributed by atoms with Gasteiger partial charge in [-0.25, -0.2) is 9.61 Å². The number of nitrogens with zero attached hydrogens (tertiary/aromatic N) is 5. The fraction of sp³-hybridized carbons (Fsp3) is 0.263. The summed E-state index contributed by atoms with van der Waals surface area (Å²) in [6.07, 6.45) is 4.31. The molecule has 4 aromatic rings. The molecule has 0 bridgehead atoms. The van der Waals surface area contributed by atoms with Gasteiger partial charge in [-0.05, 0) is 47.6 Å². The highest BCUT2D eigenvalue weighted by Gasteiger charge is 2.27. The van der Waals surface area contributed by atoms with E-state index in [-0.39, 0.29) is 5.82 Å². The van der Waals surface area contributed by atoms with Crippen LogP contribution in [0.2, 0.25) is 0 Å². The summed E-state index contributed by atoms with van der Waals surface area (Å²) >= 11 is 0. The Kier molecular flexibility index (Phi) is 3.28. The van der Waals surface area contributed by atoms with Crippen molar-refractivity contribution in [2.45, 2.75) is 26.3 Å². The van der Waals surface area contributed by atoms with Gasteiger partial charge in [-0.3, -0.25) is 4.98 Å². The maximum absolute atomic E-state index is 5.95. The Bertz CT molecular complexity index is 1110. The number of aryl methyl sites for hydroxylation is 1. The number of pyridine rings is 1. The van der Waals surface area contributed by atoms with E-state index in [1.807, 2.05) is 24.4 Å². The molecule has 0 unspecified atom stereocenters. The molecule has 3 aromatic heterocycles. The van der Waals surface area contributed by atoms with E-state index in [4.69, 9.17) is 15.3 Å². The molecule has 0 aliphatic heterocycles. The second-order valence-corrected chi connectivity index (χ2v) is 6.83. The minimum absolute atomic E-state index is 0.253. The molecule has 2 N–H and O–H groups in total. The molecule has 130 valence electrons. The molecule has 7 heteroatoms. The third-order valence-corrected chi connectivity index (χ3v) is 4.93. The zero-order valence-corrected chi connectivity index (χ0v) is 14.4. The van der Waals surface area contributed by atoms with E-state index in [9.17, 15) is 0 Å². The number of fused-ring (bicyclic) bond motifs is 1. The van der Waals surface area contributed by atoms with E-state index in [1.54, 1.807) is 0 Å². The van der Waals surface area contributed by atoms with Crippen molar-refractivity contribution < 1.29 is 4.63 Å². The summed E-state index contributed by atoms with van der Waals surface area (Å²) in [4.78, 5) is 9.50. The first-order valence-corrected chi connectivity index (χ1v) is 8.72. The predicted octanol–water partition coefficient (Wildman–Crippen LogP) is 3.45.